The standard InChI is InChI=1S/C12H17N5/c1-3-11(12-13-5-6-14-12)15-7-10-8-16-17(4-2)9-10/h4-6,8-9,11,15H,2-3,7H2,1H3,(H,13,14). The summed E-state index contributed by atoms with van der Waals surface area (Å²) in [7, 11) is 0. The minimum atomic E-state index is 0.247. The van der Waals surface area contributed by atoms with E-state index in [2.05, 4.69) is 33.9 Å². The molecule has 0 aliphatic rings. The fourth-order valence-corrected chi connectivity index (χ4v) is 1.71. The molecule has 5 nitrogen and oxygen atoms in total. The van der Waals surface area contributed by atoms with Gasteiger partial charge >= 0.3 is 0 Å². The molecule has 90 valence electrons. The molecule has 0 aliphatic heterocycles. The normalized spacial score (nSPS) is 12.5. The molecule has 0 spiro atoms. The number of imidazole rings is 1. The number of rotatable bonds is 6. The zero-order valence-corrected chi connectivity index (χ0v) is 9.93. The molecule has 5 heteroatoms. The summed E-state index contributed by atoms with van der Waals surface area (Å²) in [4.78, 5) is 7.40. The number of aromatic nitrogens is 4. The van der Waals surface area contributed by atoms with Crippen LogP contribution in [0.1, 0.15) is 30.8 Å². The molecule has 0 radical (unpaired) electrons. The second kappa shape index (κ2) is 5.45. The molecule has 2 heterocycles. The Morgan fingerprint density at radius 1 is 1.65 bits per heavy atom. The summed E-state index contributed by atoms with van der Waals surface area (Å²) in [5, 5.41) is 7.58. The van der Waals surface area contributed by atoms with Crippen LogP contribution in [0.5, 0.6) is 0 Å². The van der Waals surface area contributed by atoms with E-state index >= 15 is 0 Å². The third-order valence-corrected chi connectivity index (χ3v) is 2.65. The largest absolute Gasteiger partial charge is 0.347 e. The predicted molar refractivity (Wildman–Crippen MR) is 67.1 cm³/mol. The number of hydrogen-bond acceptors (Lipinski definition) is 3. The Morgan fingerprint density at radius 2 is 2.53 bits per heavy atom. The molecule has 2 rings (SSSR count). The molecule has 0 aliphatic carbocycles. The third kappa shape index (κ3) is 2.82. The number of H-pyrrole nitrogens is 1. The lowest BCUT2D eigenvalue weighted by molar-refractivity contribution is 0.498. The first-order valence-corrected chi connectivity index (χ1v) is 5.71. The molecular formula is C12H17N5. The lowest BCUT2D eigenvalue weighted by Gasteiger charge is -2.13. The molecule has 2 N–H and O–H groups in total. The lowest BCUT2D eigenvalue weighted by atomic mass is 10.2. The van der Waals surface area contributed by atoms with Crippen LogP contribution in [0.3, 0.4) is 0 Å². The first-order chi connectivity index (χ1) is 8.33. The van der Waals surface area contributed by atoms with E-state index < -0.39 is 0 Å². The molecule has 2 aromatic rings. The van der Waals surface area contributed by atoms with Gasteiger partial charge in [-0.3, -0.25) is 0 Å². The van der Waals surface area contributed by atoms with E-state index in [1.165, 1.54) is 0 Å². The second-order valence-electron chi connectivity index (χ2n) is 3.83. The minimum Gasteiger partial charge on any atom is -0.347 e. The average molecular weight is 231 g/mol. The molecule has 2 aromatic heterocycles. The molecule has 0 bridgehead atoms. The molecule has 0 saturated carbocycles. The van der Waals surface area contributed by atoms with Crippen molar-refractivity contribution in [3.05, 3.63) is 42.8 Å². The van der Waals surface area contributed by atoms with E-state index in [0.717, 1.165) is 24.4 Å². The van der Waals surface area contributed by atoms with Crippen molar-refractivity contribution in [1.82, 2.24) is 25.1 Å². The molecule has 17 heavy (non-hydrogen) atoms. The Bertz CT molecular complexity index is 457. The fraction of sp³-hybridized carbons (Fsp3) is 0.333. The fourth-order valence-electron chi connectivity index (χ4n) is 1.71. The van der Waals surface area contributed by atoms with Crippen molar-refractivity contribution in [2.24, 2.45) is 0 Å². The number of aromatic amines is 1. The summed E-state index contributed by atoms with van der Waals surface area (Å²) in [5.41, 5.74) is 1.13. The van der Waals surface area contributed by atoms with Gasteiger partial charge in [-0.15, -0.1) is 0 Å². The Balaban J connectivity index is 1.94. The molecular weight excluding hydrogens is 214 g/mol. The van der Waals surface area contributed by atoms with Crippen LogP contribution in [0.25, 0.3) is 6.20 Å². The van der Waals surface area contributed by atoms with E-state index in [0.29, 0.717) is 0 Å². The van der Waals surface area contributed by atoms with E-state index in [1.807, 2.05) is 18.6 Å². The summed E-state index contributed by atoms with van der Waals surface area (Å²) in [5.74, 6) is 0.976. The van der Waals surface area contributed by atoms with Gasteiger partial charge in [0.15, 0.2) is 0 Å². The van der Waals surface area contributed by atoms with Crippen molar-refractivity contribution in [3.8, 4) is 0 Å². The summed E-state index contributed by atoms with van der Waals surface area (Å²) >= 11 is 0. The quantitative estimate of drug-likeness (QED) is 0.798. The Hall–Kier alpha value is -1.88. The van der Waals surface area contributed by atoms with E-state index in [4.69, 9.17) is 0 Å². The Morgan fingerprint density at radius 3 is 3.12 bits per heavy atom. The van der Waals surface area contributed by atoms with Crippen LogP contribution < -0.4 is 5.32 Å². The lowest BCUT2D eigenvalue weighted by Crippen LogP contribution is -2.21. The molecule has 1 atom stereocenters. The maximum atomic E-state index is 4.27. The van der Waals surface area contributed by atoms with Gasteiger partial charge in [0.05, 0.1) is 12.2 Å². The van der Waals surface area contributed by atoms with E-state index in [1.54, 1.807) is 17.1 Å². The zero-order chi connectivity index (χ0) is 12.1. The SMILES string of the molecule is C=Cn1cc(CNC(CC)c2ncc[nH]2)cn1. The second-order valence-corrected chi connectivity index (χ2v) is 3.83. The number of hydrogen-bond donors (Lipinski definition) is 2. The monoisotopic (exact) mass is 231 g/mol. The average Bonchev–Trinajstić information content (AvgIpc) is 3.00. The first kappa shape index (κ1) is 11.6. The van der Waals surface area contributed by atoms with Gasteiger partial charge in [0.1, 0.15) is 5.82 Å². The molecule has 0 aromatic carbocycles. The highest BCUT2D eigenvalue weighted by molar-refractivity contribution is 5.17. The molecule has 0 amide bonds. The number of nitrogens with zero attached hydrogens (tertiary/aromatic N) is 3. The van der Waals surface area contributed by atoms with Gasteiger partial charge in [0.25, 0.3) is 0 Å². The van der Waals surface area contributed by atoms with Crippen molar-refractivity contribution >= 4 is 6.20 Å². The van der Waals surface area contributed by atoms with Gasteiger partial charge in [-0.05, 0) is 6.42 Å². The van der Waals surface area contributed by atoms with Crippen LogP contribution in [-0.4, -0.2) is 19.7 Å². The van der Waals surface area contributed by atoms with Crippen molar-refractivity contribution in [2.45, 2.75) is 25.9 Å². The van der Waals surface area contributed by atoms with E-state index in [-0.39, 0.29) is 6.04 Å². The Labute approximate surface area is 101 Å². The van der Waals surface area contributed by atoms with Gasteiger partial charge in [-0.2, -0.15) is 5.10 Å². The van der Waals surface area contributed by atoms with Crippen LogP contribution >= 0.6 is 0 Å². The smallest absolute Gasteiger partial charge is 0.123 e. The van der Waals surface area contributed by atoms with E-state index in [9.17, 15) is 0 Å². The molecule has 0 saturated heterocycles. The van der Waals surface area contributed by atoms with Crippen LogP contribution in [-0.2, 0) is 6.54 Å². The Kier molecular flexibility index (Phi) is 3.72. The van der Waals surface area contributed by atoms with Gasteiger partial charge in [0, 0.05) is 36.9 Å². The summed E-state index contributed by atoms with van der Waals surface area (Å²) in [6, 6.07) is 0.247. The topological polar surface area (TPSA) is 58.5 Å². The van der Waals surface area contributed by atoms with Gasteiger partial charge in [-0.25, -0.2) is 9.67 Å². The van der Waals surface area contributed by atoms with Crippen molar-refractivity contribution in [2.75, 3.05) is 0 Å². The van der Waals surface area contributed by atoms with Crippen LogP contribution in [0.4, 0.5) is 0 Å². The minimum absolute atomic E-state index is 0.247. The van der Waals surface area contributed by atoms with Crippen molar-refractivity contribution in [3.63, 3.8) is 0 Å². The predicted octanol–water partition coefficient (Wildman–Crippen LogP) is 1.95. The van der Waals surface area contributed by atoms with Crippen molar-refractivity contribution in [1.29, 1.82) is 0 Å². The molecule has 1 unspecified atom stereocenters. The van der Waals surface area contributed by atoms with Crippen molar-refractivity contribution < 1.29 is 0 Å². The highest BCUT2D eigenvalue weighted by Crippen LogP contribution is 2.12. The highest BCUT2D eigenvalue weighted by Gasteiger charge is 2.10. The summed E-state index contributed by atoms with van der Waals surface area (Å²) in [6.07, 6.45) is 10.1. The summed E-state index contributed by atoms with van der Waals surface area (Å²) < 4.78 is 1.70. The van der Waals surface area contributed by atoms with Crippen LogP contribution in [0.15, 0.2) is 31.4 Å². The zero-order valence-electron chi connectivity index (χ0n) is 9.93. The van der Waals surface area contributed by atoms with Gasteiger partial charge < -0.3 is 10.3 Å². The third-order valence-electron chi connectivity index (χ3n) is 2.65. The maximum absolute atomic E-state index is 4.27. The highest BCUT2D eigenvalue weighted by atomic mass is 15.2. The molecule has 0 fully saturated rings. The maximum Gasteiger partial charge on any atom is 0.123 e. The first-order valence-electron chi connectivity index (χ1n) is 5.71. The summed E-state index contributed by atoms with van der Waals surface area (Å²) in [6.45, 7) is 6.56. The van der Waals surface area contributed by atoms with Crippen LogP contribution in [0, 0.1) is 0 Å². The number of nitrogens with one attached hydrogen (secondary N) is 2. The van der Waals surface area contributed by atoms with Crippen LogP contribution in [0.2, 0.25) is 0 Å². The van der Waals surface area contributed by atoms with Gasteiger partial charge in [-0.1, -0.05) is 13.5 Å². The van der Waals surface area contributed by atoms with Gasteiger partial charge in [0.2, 0.25) is 0 Å².